The van der Waals surface area contributed by atoms with Crippen LogP contribution in [0.4, 0.5) is 0 Å². The van der Waals surface area contributed by atoms with Crippen LogP contribution in [-0.2, 0) is 19.1 Å². The van der Waals surface area contributed by atoms with Crippen molar-refractivity contribution >= 4 is 11.9 Å². The Balaban J connectivity index is 5.16. The molecule has 0 rings (SSSR count). The maximum Gasteiger partial charge on any atom is 0.329 e. The average molecular weight is 498 g/mol. The fraction of sp³-hybridized carbons (Fsp3) is 0.786. The molecular formula is C28H51NO6. The third-order valence-corrected chi connectivity index (χ3v) is 6.96. The predicted octanol–water partition coefficient (Wildman–Crippen LogP) is 4.42. The largest absolute Gasteiger partial charge is 0.463 e. The van der Waals surface area contributed by atoms with Crippen LogP contribution in [-0.4, -0.2) is 60.2 Å². The topological polar surface area (TPSA) is 105 Å². The maximum atomic E-state index is 12.8. The van der Waals surface area contributed by atoms with E-state index in [9.17, 15) is 19.8 Å². The van der Waals surface area contributed by atoms with E-state index in [0.29, 0.717) is 25.2 Å². The molecule has 0 saturated carbocycles. The Morgan fingerprint density at radius 1 is 1.06 bits per heavy atom. The molecule has 3 N–H and O–H groups in total. The van der Waals surface area contributed by atoms with Crippen molar-refractivity contribution in [3.63, 3.8) is 0 Å². The molecule has 204 valence electrons. The summed E-state index contributed by atoms with van der Waals surface area (Å²) in [7, 11) is 0. The first-order chi connectivity index (χ1) is 15.9. The van der Waals surface area contributed by atoms with E-state index in [1.807, 2.05) is 68.4 Å². The van der Waals surface area contributed by atoms with Gasteiger partial charge < -0.3 is 25.0 Å². The summed E-state index contributed by atoms with van der Waals surface area (Å²) < 4.78 is 11.5. The van der Waals surface area contributed by atoms with Gasteiger partial charge in [0.15, 0.2) is 0 Å². The number of hydrogen-bond donors (Lipinski definition) is 3. The van der Waals surface area contributed by atoms with Crippen LogP contribution in [0.25, 0.3) is 0 Å². The number of ether oxygens (including phenoxy) is 2. The summed E-state index contributed by atoms with van der Waals surface area (Å²) in [5.74, 6) is -0.889. The van der Waals surface area contributed by atoms with Gasteiger partial charge in [-0.1, -0.05) is 79.7 Å². The Labute approximate surface area is 213 Å². The van der Waals surface area contributed by atoms with Gasteiger partial charge in [0.2, 0.25) is 5.91 Å². The van der Waals surface area contributed by atoms with E-state index in [1.165, 1.54) is 6.92 Å². The average Bonchev–Trinajstić information content (AvgIpc) is 2.75. The first-order valence-corrected chi connectivity index (χ1v) is 12.6. The quantitative estimate of drug-likeness (QED) is 0.215. The van der Waals surface area contributed by atoms with Gasteiger partial charge in [0, 0.05) is 30.8 Å². The smallest absolute Gasteiger partial charge is 0.329 e. The minimum Gasteiger partial charge on any atom is -0.463 e. The SMILES string of the molecule is C=C(/C=C\C)CC(NC(C)=O)C(=O)OCC(C)(C)C(O)C(C)(C)C(C)COCC(C)(C)C(O)CC. The van der Waals surface area contributed by atoms with Gasteiger partial charge in [-0.3, -0.25) is 4.79 Å². The highest BCUT2D eigenvalue weighted by Gasteiger charge is 2.44. The molecule has 0 aliphatic heterocycles. The van der Waals surface area contributed by atoms with Gasteiger partial charge in [-0.2, -0.15) is 0 Å². The lowest BCUT2D eigenvalue weighted by Crippen LogP contribution is -2.49. The maximum absolute atomic E-state index is 12.8. The van der Waals surface area contributed by atoms with Crippen LogP contribution in [0.5, 0.6) is 0 Å². The van der Waals surface area contributed by atoms with Crippen LogP contribution in [0.15, 0.2) is 24.3 Å². The molecule has 35 heavy (non-hydrogen) atoms. The van der Waals surface area contributed by atoms with Crippen LogP contribution in [0, 0.1) is 22.2 Å². The Bertz CT molecular complexity index is 725. The van der Waals surface area contributed by atoms with Crippen molar-refractivity contribution in [2.75, 3.05) is 19.8 Å². The highest BCUT2D eigenvalue weighted by molar-refractivity contribution is 5.83. The van der Waals surface area contributed by atoms with Crippen LogP contribution >= 0.6 is 0 Å². The zero-order chi connectivity index (χ0) is 27.6. The van der Waals surface area contributed by atoms with Crippen LogP contribution in [0.3, 0.4) is 0 Å². The van der Waals surface area contributed by atoms with E-state index in [2.05, 4.69) is 11.9 Å². The number of carbonyl (C=O) groups is 2. The number of esters is 1. The minimum atomic E-state index is -0.841. The van der Waals surface area contributed by atoms with Gasteiger partial charge in [-0.25, -0.2) is 4.79 Å². The highest BCUT2D eigenvalue weighted by atomic mass is 16.5. The summed E-state index contributed by atoms with van der Waals surface area (Å²) in [6, 6.07) is -0.841. The monoisotopic (exact) mass is 497 g/mol. The summed E-state index contributed by atoms with van der Waals surface area (Å²) in [4.78, 5) is 24.3. The Hall–Kier alpha value is -1.70. The van der Waals surface area contributed by atoms with Crippen molar-refractivity contribution in [1.82, 2.24) is 5.32 Å². The number of aliphatic hydroxyl groups is 2. The molecule has 0 aromatic rings. The molecule has 1 amide bonds. The molecule has 4 atom stereocenters. The number of aliphatic hydroxyl groups excluding tert-OH is 2. The molecule has 0 radical (unpaired) electrons. The van der Waals surface area contributed by atoms with E-state index in [4.69, 9.17) is 9.47 Å². The summed E-state index contributed by atoms with van der Waals surface area (Å²) in [6.45, 7) is 23.5. The van der Waals surface area contributed by atoms with Crippen molar-refractivity contribution in [2.45, 2.75) is 100 Å². The first kappa shape index (κ1) is 33.3. The number of carbonyl (C=O) groups excluding carboxylic acids is 2. The van der Waals surface area contributed by atoms with Crippen molar-refractivity contribution in [3.8, 4) is 0 Å². The predicted molar refractivity (Wildman–Crippen MR) is 141 cm³/mol. The third kappa shape index (κ3) is 10.8. The minimum absolute atomic E-state index is 0.00155. The Kier molecular flexibility index (Phi) is 13.5. The highest BCUT2D eigenvalue weighted by Crippen LogP contribution is 2.40. The molecule has 0 aromatic carbocycles. The molecule has 4 unspecified atom stereocenters. The van der Waals surface area contributed by atoms with E-state index in [-0.39, 0.29) is 30.3 Å². The first-order valence-electron chi connectivity index (χ1n) is 12.6. The van der Waals surface area contributed by atoms with Crippen molar-refractivity contribution in [1.29, 1.82) is 0 Å². The fourth-order valence-corrected chi connectivity index (χ4v) is 4.08. The molecule has 0 saturated heterocycles. The standard InChI is InChI=1S/C28H51NO6/c1-12-14-19(3)15-22(29-21(5)30)24(32)35-18-27(8,9)25(33)28(10,11)20(4)16-34-17-26(6,7)23(31)13-2/h12,14,20,22-23,25,31,33H,3,13,15-18H2,1-2,4-11H3,(H,29,30)/b14-12-. The molecule has 0 spiro atoms. The Morgan fingerprint density at radius 3 is 2.11 bits per heavy atom. The van der Waals surface area contributed by atoms with Gasteiger partial charge in [-0.05, 0) is 24.7 Å². The molecule has 0 aromatic heterocycles. The van der Waals surface area contributed by atoms with Gasteiger partial charge in [0.1, 0.15) is 6.04 Å². The van der Waals surface area contributed by atoms with Gasteiger partial charge in [0.05, 0.1) is 25.4 Å². The second-order valence-corrected chi connectivity index (χ2v) is 11.8. The summed E-state index contributed by atoms with van der Waals surface area (Å²) in [5, 5.41) is 24.1. The molecule has 0 heterocycles. The molecule has 7 nitrogen and oxygen atoms in total. The van der Waals surface area contributed by atoms with Crippen LogP contribution in [0.1, 0.15) is 82.1 Å². The molecule has 0 aliphatic carbocycles. The van der Waals surface area contributed by atoms with Crippen LogP contribution in [0.2, 0.25) is 0 Å². The number of hydrogen-bond acceptors (Lipinski definition) is 6. The van der Waals surface area contributed by atoms with Crippen LogP contribution < -0.4 is 5.32 Å². The lowest BCUT2D eigenvalue weighted by Gasteiger charge is -2.44. The van der Waals surface area contributed by atoms with E-state index in [1.54, 1.807) is 6.08 Å². The molecule has 7 heteroatoms. The zero-order valence-electron chi connectivity index (χ0n) is 23.7. The Morgan fingerprint density at radius 2 is 1.63 bits per heavy atom. The van der Waals surface area contributed by atoms with Gasteiger partial charge >= 0.3 is 5.97 Å². The van der Waals surface area contributed by atoms with Gasteiger partial charge in [0.25, 0.3) is 0 Å². The van der Waals surface area contributed by atoms with Crippen molar-refractivity contribution in [2.24, 2.45) is 22.2 Å². The lowest BCUT2D eigenvalue weighted by molar-refractivity contribution is -0.158. The summed E-state index contributed by atoms with van der Waals surface area (Å²) in [5.41, 5.74) is -0.938. The van der Waals surface area contributed by atoms with E-state index < -0.39 is 35.0 Å². The fourth-order valence-electron chi connectivity index (χ4n) is 4.08. The molecule has 0 aliphatic rings. The van der Waals surface area contributed by atoms with Gasteiger partial charge in [-0.15, -0.1) is 0 Å². The lowest BCUT2D eigenvalue weighted by atomic mass is 9.66. The number of allylic oxidation sites excluding steroid dienone is 2. The van der Waals surface area contributed by atoms with E-state index in [0.717, 1.165) is 0 Å². The number of amides is 1. The zero-order valence-corrected chi connectivity index (χ0v) is 23.7. The normalized spacial score (nSPS) is 16.5. The molecule has 0 fully saturated rings. The second-order valence-electron chi connectivity index (χ2n) is 11.8. The number of nitrogens with one attached hydrogen (secondary N) is 1. The van der Waals surface area contributed by atoms with Crippen molar-refractivity contribution < 1.29 is 29.3 Å². The van der Waals surface area contributed by atoms with Crippen molar-refractivity contribution in [3.05, 3.63) is 24.3 Å². The second kappa shape index (κ2) is 14.1. The number of rotatable bonds is 16. The molecule has 0 bridgehead atoms. The summed E-state index contributed by atoms with van der Waals surface area (Å²) >= 11 is 0. The summed E-state index contributed by atoms with van der Waals surface area (Å²) in [6.07, 6.45) is 3.27. The third-order valence-electron chi connectivity index (χ3n) is 6.96. The van der Waals surface area contributed by atoms with E-state index >= 15 is 0 Å². The molecular weight excluding hydrogens is 446 g/mol.